The zero-order valence-electron chi connectivity index (χ0n) is 14.4. The van der Waals surface area contributed by atoms with Gasteiger partial charge in [0.15, 0.2) is 0 Å². The van der Waals surface area contributed by atoms with Crippen LogP contribution in [0.5, 0.6) is 0 Å². The Kier molecular flexibility index (Phi) is 11.6. The van der Waals surface area contributed by atoms with Crippen LogP contribution in [-0.2, 0) is 9.47 Å². The second-order valence-electron chi connectivity index (χ2n) is 5.73. The van der Waals surface area contributed by atoms with Crippen molar-refractivity contribution in [3.8, 4) is 6.07 Å². The molecule has 0 aromatic carbocycles. The molecule has 0 aliphatic carbocycles. The van der Waals surface area contributed by atoms with Crippen LogP contribution in [0.3, 0.4) is 0 Å². The van der Waals surface area contributed by atoms with Gasteiger partial charge in [0.2, 0.25) is 0 Å². The molecule has 0 aromatic heterocycles. The van der Waals surface area contributed by atoms with E-state index in [1.165, 1.54) is 0 Å². The lowest BCUT2D eigenvalue weighted by Gasteiger charge is -2.29. The van der Waals surface area contributed by atoms with Crippen molar-refractivity contribution >= 4 is 0 Å². The van der Waals surface area contributed by atoms with Crippen molar-refractivity contribution in [2.75, 3.05) is 46.1 Å². The Balaban J connectivity index is 4.31. The highest BCUT2D eigenvalue weighted by molar-refractivity contribution is 5.04. The van der Waals surface area contributed by atoms with Gasteiger partial charge in [-0.1, -0.05) is 0 Å². The molecule has 124 valence electrons. The van der Waals surface area contributed by atoms with Gasteiger partial charge in [-0.15, -0.1) is 0 Å². The SMILES string of the molecule is CCOCCN(CCOCC)CCC(C)(C#N)NC(C)C. The van der Waals surface area contributed by atoms with Gasteiger partial charge in [-0.05, 0) is 41.0 Å². The average molecular weight is 299 g/mol. The van der Waals surface area contributed by atoms with Crippen LogP contribution < -0.4 is 5.32 Å². The summed E-state index contributed by atoms with van der Waals surface area (Å²) in [5.41, 5.74) is -0.482. The van der Waals surface area contributed by atoms with Crippen molar-refractivity contribution in [3.63, 3.8) is 0 Å². The van der Waals surface area contributed by atoms with Crippen LogP contribution >= 0.6 is 0 Å². The smallest absolute Gasteiger partial charge is 0.105 e. The first-order valence-electron chi connectivity index (χ1n) is 8.04. The third-order valence-corrected chi connectivity index (χ3v) is 3.29. The fourth-order valence-electron chi connectivity index (χ4n) is 2.19. The largest absolute Gasteiger partial charge is 0.380 e. The third-order valence-electron chi connectivity index (χ3n) is 3.29. The van der Waals surface area contributed by atoms with Crippen molar-refractivity contribution in [3.05, 3.63) is 0 Å². The molecule has 0 aromatic rings. The maximum Gasteiger partial charge on any atom is 0.105 e. The molecule has 0 saturated carbocycles. The summed E-state index contributed by atoms with van der Waals surface area (Å²) >= 11 is 0. The maximum absolute atomic E-state index is 9.39. The second-order valence-corrected chi connectivity index (χ2v) is 5.73. The molecule has 21 heavy (non-hydrogen) atoms. The summed E-state index contributed by atoms with van der Waals surface area (Å²) in [5, 5.41) is 12.7. The summed E-state index contributed by atoms with van der Waals surface area (Å²) in [6.07, 6.45) is 0.792. The molecule has 0 fully saturated rings. The molecule has 0 saturated heterocycles. The van der Waals surface area contributed by atoms with Gasteiger partial charge >= 0.3 is 0 Å². The third kappa shape index (κ3) is 10.7. The van der Waals surface area contributed by atoms with Gasteiger partial charge in [0.25, 0.3) is 0 Å². The molecule has 0 amide bonds. The summed E-state index contributed by atoms with van der Waals surface area (Å²) in [7, 11) is 0. The van der Waals surface area contributed by atoms with Crippen molar-refractivity contribution in [2.45, 2.75) is 52.6 Å². The molecular weight excluding hydrogens is 266 g/mol. The first-order valence-corrected chi connectivity index (χ1v) is 8.04. The van der Waals surface area contributed by atoms with E-state index >= 15 is 0 Å². The fourth-order valence-corrected chi connectivity index (χ4v) is 2.19. The molecule has 0 aliphatic heterocycles. The van der Waals surface area contributed by atoms with Gasteiger partial charge in [0.1, 0.15) is 5.54 Å². The molecule has 0 bridgehead atoms. The molecule has 0 spiro atoms. The van der Waals surface area contributed by atoms with Crippen molar-refractivity contribution in [1.29, 1.82) is 5.26 Å². The first-order chi connectivity index (χ1) is 9.97. The number of ether oxygens (including phenoxy) is 2. The first kappa shape index (κ1) is 20.3. The Morgan fingerprint density at radius 3 is 2.00 bits per heavy atom. The molecule has 0 rings (SSSR count). The predicted molar refractivity (Wildman–Crippen MR) is 86.3 cm³/mol. The standard InChI is InChI=1S/C16H33N3O2/c1-6-20-12-10-19(11-13-21-7-2)9-8-16(5,14-17)18-15(3)4/h15,18H,6-13H2,1-5H3. The summed E-state index contributed by atoms with van der Waals surface area (Å²) in [6, 6.07) is 2.70. The van der Waals surface area contributed by atoms with E-state index in [1.54, 1.807) is 0 Å². The number of rotatable bonds is 13. The minimum atomic E-state index is -0.482. The Morgan fingerprint density at radius 2 is 1.62 bits per heavy atom. The van der Waals surface area contributed by atoms with E-state index < -0.39 is 5.54 Å². The Bertz CT molecular complexity index is 282. The topological polar surface area (TPSA) is 57.5 Å². The average Bonchev–Trinajstić information content (AvgIpc) is 2.44. The predicted octanol–water partition coefficient (Wildman–Crippen LogP) is 2.03. The molecular formula is C16H33N3O2. The van der Waals surface area contributed by atoms with E-state index in [0.717, 1.165) is 52.5 Å². The monoisotopic (exact) mass is 299 g/mol. The summed E-state index contributed by atoms with van der Waals surface area (Å²) in [6.45, 7) is 15.7. The number of hydrogen-bond donors (Lipinski definition) is 1. The zero-order valence-corrected chi connectivity index (χ0v) is 14.4. The highest BCUT2D eigenvalue weighted by atomic mass is 16.5. The van der Waals surface area contributed by atoms with Gasteiger partial charge in [-0.2, -0.15) is 5.26 Å². The fraction of sp³-hybridized carbons (Fsp3) is 0.938. The van der Waals surface area contributed by atoms with Crippen LogP contribution in [0.15, 0.2) is 0 Å². The van der Waals surface area contributed by atoms with Crippen LogP contribution in [0.4, 0.5) is 0 Å². The number of nitrogens with one attached hydrogen (secondary N) is 1. The van der Waals surface area contributed by atoms with E-state index in [-0.39, 0.29) is 0 Å². The summed E-state index contributed by atoms with van der Waals surface area (Å²) in [4.78, 5) is 2.31. The Morgan fingerprint density at radius 1 is 1.10 bits per heavy atom. The Hall–Kier alpha value is -0.670. The van der Waals surface area contributed by atoms with Gasteiger partial charge in [-0.3, -0.25) is 10.2 Å². The lowest BCUT2D eigenvalue weighted by Crippen LogP contribution is -2.47. The highest BCUT2D eigenvalue weighted by Gasteiger charge is 2.25. The molecule has 5 nitrogen and oxygen atoms in total. The van der Waals surface area contributed by atoms with Crippen molar-refractivity contribution in [1.82, 2.24) is 10.2 Å². The van der Waals surface area contributed by atoms with Crippen LogP contribution in [0, 0.1) is 11.3 Å². The normalized spacial score (nSPS) is 14.4. The summed E-state index contributed by atoms with van der Waals surface area (Å²) in [5.74, 6) is 0. The maximum atomic E-state index is 9.39. The van der Waals surface area contributed by atoms with E-state index in [4.69, 9.17) is 9.47 Å². The Labute approximate surface area is 130 Å². The molecule has 0 radical (unpaired) electrons. The van der Waals surface area contributed by atoms with E-state index in [2.05, 4.69) is 30.1 Å². The van der Waals surface area contributed by atoms with Crippen LogP contribution in [0.1, 0.15) is 41.0 Å². The minimum absolute atomic E-state index is 0.301. The molecule has 5 heteroatoms. The quantitative estimate of drug-likeness (QED) is 0.527. The lowest BCUT2D eigenvalue weighted by molar-refractivity contribution is 0.0797. The lowest BCUT2D eigenvalue weighted by atomic mass is 9.98. The zero-order chi connectivity index (χ0) is 16.1. The van der Waals surface area contributed by atoms with E-state index in [1.807, 2.05) is 20.8 Å². The van der Waals surface area contributed by atoms with Gasteiger partial charge in [-0.25, -0.2) is 0 Å². The second kappa shape index (κ2) is 11.9. The number of nitriles is 1. The minimum Gasteiger partial charge on any atom is -0.380 e. The number of hydrogen-bond acceptors (Lipinski definition) is 5. The van der Waals surface area contributed by atoms with Crippen molar-refractivity contribution in [2.24, 2.45) is 0 Å². The highest BCUT2D eigenvalue weighted by Crippen LogP contribution is 2.11. The van der Waals surface area contributed by atoms with Gasteiger partial charge in [0, 0.05) is 38.9 Å². The van der Waals surface area contributed by atoms with Gasteiger partial charge < -0.3 is 9.47 Å². The van der Waals surface area contributed by atoms with Crippen molar-refractivity contribution < 1.29 is 9.47 Å². The van der Waals surface area contributed by atoms with Crippen LogP contribution in [-0.4, -0.2) is 62.5 Å². The molecule has 1 atom stereocenters. The van der Waals surface area contributed by atoms with Crippen LogP contribution in [0.25, 0.3) is 0 Å². The van der Waals surface area contributed by atoms with Crippen LogP contribution in [0.2, 0.25) is 0 Å². The molecule has 0 heterocycles. The molecule has 0 aliphatic rings. The number of nitrogens with zero attached hydrogens (tertiary/aromatic N) is 2. The summed E-state index contributed by atoms with van der Waals surface area (Å²) < 4.78 is 10.9. The van der Waals surface area contributed by atoms with Gasteiger partial charge in [0.05, 0.1) is 19.3 Å². The van der Waals surface area contributed by atoms with E-state index in [0.29, 0.717) is 6.04 Å². The van der Waals surface area contributed by atoms with E-state index in [9.17, 15) is 5.26 Å². The molecule has 1 unspecified atom stereocenters. The molecule has 1 N–H and O–H groups in total.